The van der Waals surface area contributed by atoms with Crippen LogP contribution in [0.1, 0.15) is 28.3 Å². The molecule has 1 atom stereocenters. The van der Waals surface area contributed by atoms with E-state index in [1.807, 2.05) is 36.4 Å². The summed E-state index contributed by atoms with van der Waals surface area (Å²) in [5, 5.41) is 3.22. The van der Waals surface area contributed by atoms with E-state index < -0.39 is 0 Å². The number of likely N-dealkylation sites (N-methyl/N-ethyl adjacent to an activating group) is 1. The lowest BCUT2D eigenvalue weighted by Gasteiger charge is -2.21. The molecule has 0 aliphatic heterocycles. The first kappa shape index (κ1) is 18.9. The number of amides is 1. The third kappa shape index (κ3) is 5.53. The second-order valence-corrected chi connectivity index (χ2v) is 7.12. The van der Waals surface area contributed by atoms with E-state index in [0.29, 0.717) is 6.54 Å². The van der Waals surface area contributed by atoms with Crippen molar-refractivity contribution in [1.82, 2.24) is 5.32 Å². The lowest BCUT2D eigenvalue weighted by Crippen LogP contribution is -3.08. The number of rotatable bonds is 7. The minimum Gasteiger partial charge on any atom is -0.340 e. The van der Waals surface area contributed by atoms with Gasteiger partial charge in [0.1, 0.15) is 6.54 Å². The van der Waals surface area contributed by atoms with Gasteiger partial charge in [0, 0.05) is 5.56 Å². The summed E-state index contributed by atoms with van der Waals surface area (Å²) in [6.45, 7) is 3.35. The van der Waals surface area contributed by atoms with Crippen molar-refractivity contribution in [2.24, 2.45) is 0 Å². The van der Waals surface area contributed by atoms with Gasteiger partial charge in [0.2, 0.25) is 0 Å². The number of carbonyl (C=O) groups excluding carboxylic acids is 1. The molecule has 3 aromatic carbocycles. The average molecular weight is 359 g/mol. The smallest absolute Gasteiger partial charge is 0.275 e. The number of hydrogen-bond donors (Lipinski definition) is 2. The van der Waals surface area contributed by atoms with Gasteiger partial charge in [0.25, 0.3) is 5.91 Å². The Bertz CT molecular complexity index is 805. The highest BCUT2D eigenvalue weighted by Crippen LogP contribution is 2.21. The predicted octanol–water partition coefficient (Wildman–Crippen LogP) is 2.92. The van der Waals surface area contributed by atoms with Gasteiger partial charge in [0.15, 0.2) is 6.54 Å². The normalized spacial score (nSPS) is 12.0. The second-order valence-electron chi connectivity index (χ2n) is 7.12. The molecule has 3 aromatic rings. The van der Waals surface area contributed by atoms with E-state index in [4.69, 9.17) is 0 Å². The highest BCUT2D eigenvalue weighted by atomic mass is 16.2. The molecule has 27 heavy (non-hydrogen) atoms. The molecule has 0 aromatic heterocycles. The second kappa shape index (κ2) is 9.15. The van der Waals surface area contributed by atoms with Crippen LogP contribution in [0, 0.1) is 6.92 Å². The molecule has 0 saturated carbocycles. The number of carbonyl (C=O) groups is 1. The summed E-state index contributed by atoms with van der Waals surface area (Å²) in [6, 6.07) is 28.6. The first-order valence-corrected chi connectivity index (χ1v) is 9.38. The first-order chi connectivity index (χ1) is 13.1. The summed E-state index contributed by atoms with van der Waals surface area (Å²) in [4.78, 5) is 13.9. The highest BCUT2D eigenvalue weighted by molar-refractivity contribution is 5.77. The number of nitrogens with one attached hydrogen (secondary N) is 2. The largest absolute Gasteiger partial charge is 0.340 e. The molecule has 0 saturated heterocycles. The quantitative estimate of drug-likeness (QED) is 0.668. The number of aryl methyl sites for hydroxylation is 1. The molecule has 0 radical (unpaired) electrons. The van der Waals surface area contributed by atoms with E-state index in [0.717, 1.165) is 22.6 Å². The van der Waals surface area contributed by atoms with Crippen LogP contribution in [0.4, 0.5) is 0 Å². The lowest BCUT2D eigenvalue weighted by atomic mass is 9.99. The van der Waals surface area contributed by atoms with Crippen LogP contribution in [0.25, 0.3) is 0 Å². The monoisotopic (exact) mass is 359 g/mol. The van der Waals surface area contributed by atoms with Gasteiger partial charge in [-0.15, -0.1) is 0 Å². The molecule has 0 heterocycles. The molecule has 0 spiro atoms. The fraction of sp³-hybridized carbons (Fsp3) is 0.208. The fourth-order valence-electron chi connectivity index (χ4n) is 3.25. The predicted molar refractivity (Wildman–Crippen MR) is 110 cm³/mol. The van der Waals surface area contributed by atoms with Crippen LogP contribution in [-0.4, -0.2) is 19.5 Å². The molecular weight excluding hydrogens is 332 g/mol. The first-order valence-electron chi connectivity index (χ1n) is 9.38. The van der Waals surface area contributed by atoms with E-state index in [1.54, 1.807) is 0 Å². The van der Waals surface area contributed by atoms with Crippen LogP contribution in [0.3, 0.4) is 0 Å². The molecule has 3 nitrogen and oxygen atoms in total. The molecule has 2 N–H and O–H groups in total. The van der Waals surface area contributed by atoms with Crippen LogP contribution in [-0.2, 0) is 11.3 Å². The van der Waals surface area contributed by atoms with Crippen molar-refractivity contribution in [1.29, 1.82) is 0 Å². The van der Waals surface area contributed by atoms with Crippen LogP contribution < -0.4 is 10.2 Å². The van der Waals surface area contributed by atoms with Gasteiger partial charge in [0.05, 0.1) is 13.1 Å². The Hall–Kier alpha value is -2.91. The Kier molecular flexibility index (Phi) is 6.39. The van der Waals surface area contributed by atoms with Gasteiger partial charge >= 0.3 is 0 Å². The molecule has 138 valence electrons. The van der Waals surface area contributed by atoms with Crippen LogP contribution >= 0.6 is 0 Å². The van der Waals surface area contributed by atoms with E-state index in [9.17, 15) is 4.79 Å². The minimum absolute atomic E-state index is 0.0531. The van der Waals surface area contributed by atoms with E-state index in [1.165, 1.54) is 11.1 Å². The Morgan fingerprint density at radius 3 is 1.89 bits per heavy atom. The summed E-state index contributed by atoms with van der Waals surface area (Å²) in [7, 11) is 2.06. The Labute approximate surface area is 161 Å². The zero-order chi connectivity index (χ0) is 19.1. The summed E-state index contributed by atoms with van der Waals surface area (Å²) < 4.78 is 0. The zero-order valence-corrected chi connectivity index (χ0v) is 16.0. The summed E-state index contributed by atoms with van der Waals surface area (Å²) in [5.74, 6) is 0.0531. The van der Waals surface area contributed by atoms with Gasteiger partial charge in [-0.1, -0.05) is 90.5 Å². The standard InChI is InChI=1S/C24H26N2O/c1-19-13-15-20(16-14-19)17-26(2)18-23(27)25-24(21-9-5-3-6-10-21)22-11-7-4-8-12-22/h3-16,24H,17-18H2,1-2H3,(H,25,27)/p+1. The maximum absolute atomic E-state index is 12.7. The molecular formula is C24H27N2O+. The summed E-state index contributed by atoms with van der Waals surface area (Å²) in [5.41, 5.74) is 4.68. The Morgan fingerprint density at radius 1 is 0.852 bits per heavy atom. The maximum Gasteiger partial charge on any atom is 0.275 e. The maximum atomic E-state index is 12.7. The number of benzene rings is 3. The molecule has 3 heteroatoms. The van der Waals surface area contributed by atoms with Crippen molar-refractivity contribution in [3.8, 4) is 0 Å². The number of hydrogen-bond acceptors (Lipinski definition) is 1. The van der Waals surface area contributed by atoms with Gasteiger partial charge < -0.3 is 10.2 Å². The van der Waals surface area contributed by atoms with E-state index >= 15 is 0 Å². The molecule has 0 aliphatic carbocycles. The molecule has 3 rings (SSSR count). The molecule has 0 fully saturated rings. The van der Waals surface area contributed by atoms with Crippen molar-refractivity contribution >= 4 is 5.91 Å². The third-order valence-corrected chi connectivity index (χ3v) is 4.66. The molecule has 0 aliphatic rings. The van der Waals surface area contributed by atoms with Crippen LogP contribution in [0.15, 0.2) is 84.9 Å². The van der Waals surface area contributed by atoms with Crippen molar-refractivity contribution in [2.75, 3.05) is 13.6 Å². The SMILES string of the molecule is Cc1ccc(C[NH+](C)CC(=O)NC(c2ccccc2)c2ccccc2)cc1. The summed E-state index contributed by atoms with van der Waals surface area (Å²) >= 11 is 0. The molecule has 1 amide bonds. The fourth-order valence-corrected chi connectivity index (χ4v) is 3.25. The van der Waals surface area contributed by atoms with Gasteiger partial charge in [-0.25, -0.2) is 0 Å². The van der Waals surface area contributed by atoms with Crippen molar-refractivity contribution in [3.05, 3.63) is 107 Å². The van der Waals surface area contributed by atoms with E-state index in [-0.39, 0.29) is 11.9 Å². The summed E-state index contributed by atoms with van der Waals surface area (Å²) in [6.07, 6.45) is 0. The molecule has 1 unspecified atom stereocenters. The Morgan fingerprint density at radius 2 is 1.37 bits per heavy atom. The lowest BCUT2D eigenvalue weighted by molar-refractivity contribution is -0.885. The minimum atomic E-state index is -0.132. The van der Waals surface area contributed by atoms with Crippen molar-refractivity contribution < 1.29 is 9.69 Å². The average Bonchev–Trinajstić information content (AvgIpc) is 2.69. The zero-order valence-electron chi connectivity index (χ0n) is 16.0. The number of quaternary nitrogens is 1. The van der Waals surface area contributed by atoms with Crippen molar-refractivity contribution in [2.45, 2.75) is 19.5 Å². The highest BCUT2D eigenvalue weighted by Gasteiger charge is 2.19. The third-order valence-electron chi connectivity index (χ3n) is 4.66. The van der Waals surface area contributed by atoms with Gasteiger partial charge in [-0.05, 0) is 18.1 Å². The van der Waals surface area contributed by atoms with Crippen LogP contribution in [0.2, 0.25) is 0 Å². The van der Waals surface area contributed by atoms with Gasteiger partial charge in [-0.2, -0.15) is 0 Å². The molecule has 0 bridgehead atoms. The van der Waals surface area contributed by atoms with E-state index in [2.05, 4.69) is 67.8 Å². The van der Waals surface area contributed by atoms with Gasteiger partial charge in [-0.3, -0.25) is 4.79 Å². The van der Waals surface area contributed by atoms with Crippen molar-refractivity contribution in [3.63, 3.8) is 0 Å². The van der Waals surface area contributed by atoms with Crippen LogP contribution in [0.5, 0.6) is 0 Å². The Balaban J connectivity index is 1.66. The topological polar surface area (TPSA) is 33.5 Å².